The first kappa shape index (κ1) is 16.2. The standard InChI is InChI=1S/C22H20N2O2/c23-18-11-12-19-20(15-18)26-21(17-9-5-2-6-10-17)22(25)24(19)14-13-16-7-3-1-4-8-16/h1-12,15,21H,13-14,23H2. The predicted molar refractivity (Wildman–Crippen MR) is 103 cm³/mol. The highest BCUT2D eigenvalue weighted by Gasteiger charge is 2.35. The molecule has 4 rings (SSSR count). The van der Waals surface area contributed by atoms with Crippen LogP contribution in [0.1, 0.15) is 17.2 Å². The molecule has 1 heterocycles. The Labute approximate surface area is 152 Å². The van der Waals surface area contributed by atoms with Gasteiger partial charge in [0.05, 0.1) is 5.69 Å². The fourth-order valence-electron chi connectivity index (χ4n) is 3.24. The van der Waals surface area contributed by atoms with E-state index in [0.29, 0.717) is 18.0 Å². The van der Waals surface area contributed by atoms with Crippen LogP contribution in [-0.4, -0.2) is 12.5 Å². The van der Waals surface area contributed by atoms with E-state index in [1.165, 1.54) is 5.56 Å². The lowest BCUT2D eigenvalue weighted by atomic mass is 10.0. The second kappa shape index (κ2) is 6.92. The van der Waals surface area contributed by atoms with Crippen LogP contribution in [0.2, 0.25) is 0 Å². The molecule has 1 aliphatic heterocycles. The van der Waals surface area contributed by atoms with E-state index in [-0.39, 0.29) is 5.91 Å². The fraction of sp³-hybridized carbons (Fsp3) is 0.136. The first-order valence-corrected chi connectivity index (χ1v) is 8.69. The number of amides is 1. The summed E-state index contributed by atoms with van der Waals surface area (Å²) in [6.07, 6.45) is 0.124. The Bertz CT molecular complexity index is 910. The lowest BCUT2D eigenvalue weighted by Gasteiger charge is -2.34. The van der Waals surface area contributed by atoms with E-state index in [9.17, 15) is 4.79 Å². The third kappa shape index (κ3) is 3.14. The van der Waals surface area contributed by atoms with Gasteiger partial charge < -0.3 is 15.4 Å². The highest BCUT2D eigenvalue weighted by Crippen LogP contribution is 2.40. The van der Waals surface area contributed by atoms with Crippen LogP contribution in [0.15, 0.2) is 78.9 Å². The van der Waals surface area contributed by atoms with Crippen molar-refractivity contribution in [1.82, 2.24) is 0 Å². The molecule has 0 fully saturated rings. The van der Waals surface area contributed by atoms with Gasteiger partial charge in [0.25, 0.3) is 5.91 Å². The van der Waals surface area contributed by atoms with E-state index < -0.39 is 6.10 Å². The Balaban J connectivity index is 1.67. The molecule has 3 aromatic rings. The van der Waals surface area contributed by atoms with Crippen LogP contribution >= 0.6 is 0 Å². The molecule has 4 nitrogen and oxygen atoms in total. The average molecular weight is 344 g/mol. The van der Waals surface area contributed by atoms with Crippen LogP contribution in [0.25, 0.3) is 0 Å². The SMILES string of the molecule is Nc1ccc2c(c1)OC(c1ccccc1)C(=O)N2CCc1ccccc1. The van der Waals surface area contributed by atoms with Crippen LogP contribution in [0.5, 0.6) is 5.75 Å². The van der Waals surface area contributed by atoms with E-state index in [1.807, 2.05) is 59.5 Å². The second-order valence-corrected chi connectivity index (χ2v) is 6.36. The smallest absolute Gasteiger partial charge is 0.272 e. The number of nitrogens with zero attached hydrogens (tertiary/aromatic N) is 1. The quantitative estimate of drug-likeness (QED) is 0.729. The van der Waals surface area contributed by atoms with Crippen LogP contribution in [0, 0.1) is 0 Å². The van der Waals surface area contributed by atoms with Crippen LogP contribution in [0.3, 0.4) is 0 Å². The van der Waals surface area contributed by atoms with Gasteiger partial charge in [0.2, 0.25) is 6.10 Å². The van der Waals surface area contributed by atoms with E-state index >= 15 is 0 Å². The molecule has 0 radical (unpaired) electrons. The topological polar surface area (TPSA) is 55.6 Å². The summed E-state index contributed by atoms with van der Waals surface area (Å²) in [6.45, 7) is 0.590. The fourth-order valence-corrected chi connectivity index (χ4v) is 3.24. The summed E-state index contributed by atoms with van der Waals surface area (Å²) in [7, 11) is 0. The molecule has 0 aliphatic carbocycles. The summed E-state index contributed by atoms with van der Waals surface area (Å²) in [5, 5.41) is 0. The van der Waals surface area contributed by atoms with Gasteiger partial charge in [-0.2, -0.15) is 0 Å². The van der Waals surface area contributed by atoms with Crippen molar-refractivity contribution in [1.29, 1.82) is 0 Å². The number of hydrogen-bond donors (Lipinski definition) is 1. The van der Waals surface area contributed by atoms with Gasteiger partial charge in [-0.05, 0) is 24.1 Å². The van der Waals surface area contributed by atoms with Crippen molar-refractivity contribution >= 4 is 17.3 Å². The number of carbonyl (C=O) groups excluding carboxylic acids is 1. The Kier molecular flexibility index (Phi) is 4.32. The Morgan fingerprint density at radius 3 is 2.35 bits per heavy atom. The summed E-state index contributed by atoms with van der Waals surface area (Å²) in [6, 6.07) is 25.2. The molecule has 1 amide bonds. The predicted octanol–water partition coefficient (Wildman–Crippen LogP) is 3.98. The van der Waals surface area contributed by atoms with E-state index in [1.54, 1.807) is 12.1 Å². The summed E-state index contributed by atoms with van der Waals surface area (Å²) in [5.74, 6) is 0.593. The molecule has 130 valence electrons. The number of carbonyl (C=O) groups is 1. The van der Waals surface area contributed by atoms with Crippen molar-refractivity contribution in [3.05, 3.63) is 90.0 Å². The molecule has 0 saturated carbocycles. The minimum Gasteiger partial charge on any atom is -0.474 e. The average Bonchev–Trinajstić information content (AvgIpc) is 2.68. The number of ether oxygens (including phenoxy) is 1. The molecule has 26 heavy (non-hydrogen) atoms. The van der Waals surface area contributed by atoms with E-state index in [2.05, 4.69) is 12.1 Å². The van der Waals surface area contributed by atoms with Crippen molar-refractivity contribution < 1.29 is 9.53 Å². The maximum Gasteiger partial charge on any atom is 0.272 e. The molecule has 4 heteroatoms. The molecule has 1 atom stereocenters. The van der Waals surface area contributed by atoms with Crippen LogP contribution in [0.4, 0.5) is 11.4 Å². The van der Waals surface area contributed by atoms with Gasteiger partial charge in [-0.25, -0.2) is 0 Å². The molecule has 0 bridgehead atoms. The molecule has 0 saturated heterocycles. The van der Waals surface area contributed by atoms with E-state index in [0.717, 1.165) is 17.7 Å². The molecule has 3 aromatic carbocycles. The van der Waals surface area contributed by atoms with E-state index in [4.69, 9.17) is 10.5 Å². The first-order chi connectivity index (χ1) is 12.7. The summed E-state index contributed by atoms with van der Waals surface area (Å²) >= 11 is 0. The number of nitrogen functional groups attached to an aromatic ring is 1. The number of anilines is 2. The number of rotatable bonds is 4. The van der Waals surface area contributed by atoms with Crippen molar-refractivity contribution in [2.24, 2.45) is 0 Å². The van der Waals surface area contributed by atoms with Crippen molar-refractivity contribution in [2.75, 3.05) is 17.2 Å². The molecular weight excluding hydrogens is 324 g/mol. The van der Waals surface area contributed by atoms with Gasteiger partial charge in [0, 0.05) is 23.9 Å². The van der Waals surface area contributed by atoms with Crippen LogP contribution < -0.4 is 15.4 Å². The largest absolute Gasteiger partial charge is 0.474 e. The zero-order valence-corrected chi connectivity index (χ0v) is 14.3. The Morgan fingerprint density at radius 1 is 0.923 bits per heavy atom. The molecule has 1 aliphatic rings. The maximum atomic E-state index is 13.2. The van der Waals surface area contributed by atoms with Crippen molar-refractivity contribution in [3.63, 3.8) is 0 Å². The van der Waals surface area contributed by atoms with Gasteiger partial charge in [0.15, 0.2) is 0 Å². The zero-order chi connectivity index (χ0) is 17.9. The van der Waals surface area contributed by atoms with Gasteiger partial charge >= 0.3 is 0 Å². The Morgan fingerprint density at radius 2 is 1.62 bits per heavy atom. The molecule has 1 unspecified atom stereocenters. The number of fused-ring (bicyclic) bond motifs is 1. The summed E-state index contributed by atoms with van der Waals surface area (Å²) < 4.78 is 6.02. The number of hydrogen-bond acceptors (Lipinski definition) is 3. The molecular formula is C22H20N2O2. The summed E-state index contributed by atoms with van der Waals surface area (Å²) in [5.41, 5.74) is 9.35. The highest BCUT2D eigenvalue weighted by molar-refractivity contribution is 6.00. The number of nitrogens with two attached hydrogens (primary N) is 1. The normalized spacial score (nSPS) is 16.1. The van der Waals surface area contributed by atoms with Gasteiger partial charge in [-0.15, -0.1) is 0 Å². The second-order valence-electron chi connectivity index (χ2n) is 6.36. The lowest BCUT2D eigenvalue weighted by Crippen LogP contribution is -2.42. The van der Waals surface area contributed by atoms with Gasteiger partial charge in [0.1, 0.15) is 5.75 Å². The third-order valence-electron chi connectivity index (χ3n) is 4.58. The highest BCUT2D eigenvalue weighted by atomic mass is 16.5. The Hall–Kier alpha value is -3.27. The molecule has 0 spiro atoms. The molecule has 2 N–H and O–H groups in total. The first-order valence-electron chi connectivity index (χ1n) is 8.69. The van der Waals surface area contributed by atoms with Gasteiger partial charge in [-0.1, -0.05) is 60.7 Å². The molecule has 0 aromatic heterocycles. The third-order valence-corrected chi connectivity index (χ3v) is 4.58. The lowest BCUT2D eigenvalue weighted by molar-refractivity contribution is -0.126. The van der Waals surface area contributed by atoms with Crippen molar-refractivity contribution in [3.8, 4) is 5.75 Å². The zero-order valence-electron chi connectivity index (χ0n) is 14.3. The van der Waals surface area contributed by atoms with Gasteiger partial charge in [-0.3, -0.25) is 4.79 Å². The summed E-state index contributed by atoms with van der Waals surface area (Å²) in [4.78, 5) is 15.0. The minimum absolute atomic E-state index is 0.0515. The number of benzene rings is 3. The van der Waals surface area contributed by atoms with Crippen LogP contribution in [-0.2, 0) is 11.2 Å². The minimum atomic E-state index is -0.652. The monoisotopic (exact) mass is 344 g/mol. The maximum absolute atomic E-state index is 13.2. The van der Waals surface area contributed by atoms with Crippen molar-refractivity contribution in [2.45, 2.75) is 12.5 Å².